The van der Waals surface area contributed by atoms with Crippen molar-refractivity contribution in [3.05, 3.63) is 35.4 Å². The number of fused-ring (bicyclic) bond motifs is 2. The number of nitrogens with one attached hydrogen (secondary N) is 1. The van der Waals surface area contributed by atoms with Crippen LogP contribution in [-0.4, -0.2) is 49.0 Å². The highest BCUT2D eigenvalue weighted by molar-refractivity contribution is 7.99. The molecule has 1 aliphatic rings. The van der Waals surface area contributed by atoms with Crippen LogP contribution in [0.4, 0.5) is 5.82 Å². The summed E-state index contributed by atoms with van der Waals surface area (Å²) in [7, 11) is 0. The molecule has 30 heavy (non-hydrogen) atoms. The molecule has 0 saturated carbocycles. The molecule has 0 amide bonds. The second kappa shape index (κ2) is 7.98. The smallest absolute Gasteiger partial charge is 0.196 e. The van der Waals surface area contributed by atoms with Crippen molar-refractivity contribution in [2.24, 2.45) is 5.73 Å². The van der Waals surface area contributed by atoms with Gasteiger partial charge in [0, 0.05) is 48.3 Å². The van der Waals surface area contributed by atoms with Crippen LogP contribution < -0.4 is 10.6 Å². The Morgan fingerprint density at radius 2 is 2.13 bits per heavy atom. The van der Waals surface area contributed by atoms with Crippen molar-refractivity contribution in [1.82, 2.24) is 29.9 Å². The lowest BCUT2D eigenvalue weighted by molar-refractivity contribution is 0.503. The van der Waals surface area contributed by atoms with E-state index in [1.807, 2.05) is 6.07 Å². The summed E-state index contributed by atoms with van der Waals surface area (Å²) >= 11 is 8.14. The first-order valence-corrected chi connectivity index (χ1v) is 11.1. The van der Waals surface area contributed by atoms with E-state index >= 15 is 0 Å². The summed E-state index contributed by atoms with van der Waals surface area (Å²) in [6.07, 6.45) is 7.91. The van der Waals surface area contributed by atoms with Gasteiger partial charge in [-0.1, -0.05) is 18.5 Å². The van der Waals surface area contributed by atoms with Gasteiger partial charge in [0.15, 0.2) is 10.8 Å². The van der Waals surface area contributed by atoms with Gasteiger partial charge in [-0.05, 0) is 37.1 Å². The van der Waals surface area contributed by atoms with Crippen LogP contribution in [0.15, 0.2) is 34.7 Å². The van der Waals surface area contributed by atoms with E-state index in [0.29, 0.717) is 15.8 Å². The Morgan fingerprint density at radius 1 is 1.27 bits per heavy atom. The number of hydrogen-bond acceptors (Lipinski definition) is 8. The molecule has 0 bridgehead atoms. The molecule has 0 spiro atoms. The number of aryl methyl sites for hydroxylation is 1. The van der Waals surface area contributed by atoms with Gasteiger partial charge >= 0.3 is 0 Å². The Bertz CT molecular complexity index is 1230. The number of anilines is 1. The molecule has 0 radical (unpaired) electrons. The van der Waals surface area contributed by atoms with Gasteiger partial charge in [0.1, 0.15) is 17.0 Å². The number of aromatic amines is 1. The van der Waals surface area contributed by atoms with E-state index in [2.05, 4.69) is 31.8 Å². The van der Waals surface area contributed by atoms with E-state index in [4.69, 9.17) is 27.3 Å². The topological polar surface area (TPSA) is 109 Å². The summed E-state index contributed by atoms with van der Waals surface area (Å²) in [5.41, 5.74) is 9.31. The molecule has 8 nitrogen and oxygen atoms in total. The van der Waals surface area contributed by atoms with Crippen molar-refractivity contribution in [3.8, 4) is 0 Å². The zero-order valence-electron chi connectivity index (χ0n) is 16.5. The fraction of sp³-hybridized carbons (Fsp3) is 0.350. The lowest BCUT2D eigenvalue weighted by Crippen LogP contribution is -2.43. The van der Waals surface area contributed by atoms with E-state index < -0.39 is 0 Å². The summed E-state index contributed by atoms with van der Waals surface area (Å²) < 4.78 is 0. The third kappa shape index (κ3) is 3.57. The first-order valence-electron chi connectivity index (χ1n) is 9.95. The molecule has 0 aromatic carbocycles. The quantitative estimate of drug-likeness (QED) is 0.463. The largest absolute Gasteiger partial charge is 0.354 e. The average Bonchev–Trinajstić information content (AvgIpc) is 3.08. The second-order valence-electron chi connectivity index (χ2n) is 7.34. The van der Waals surface area contributed by atoms with Crippen LogP contribution in [0.3, 0.4) is 0 Å². The SMILES string of the molecule is CCc1[nH]c2nc(Sc3cnc4nccnc4c3)nc(N3CCC[C@H](N)C3)c2c1Cl. The molecule has 0 aliphatic carbocycles. The number of aromatic nitrogens is 6. The Hall–Kier alpha value is -2.49. The minimum Gasteiger partial charge on any atom is -0.354 e. The lowest BCUT2D eigenvalue weighted by Gasteiger charge is -2.32. The molecule has 4 aromatic rings. The van der Waals surface area contributed by atoms with Crippen molar-refractivity contribution >= 4 is 51.4 Å². The first-order chi connectivity index (χ1) is 14.6. The van der Waals surface area contributed by atoms with Gasteiger partial charge in [0.2, 0.25) is 0 Å². The molecular weight excluding hydrogens is 420 g/mol. The van der Waals surface area contributed by atoms with Crippen LogP contribution in [0.1, 0.15) is 25.5 Å². The minimum absolute atomic E-state index is 0.131. The Labute approximate surface area is 182 Å². The summed E-state index contributed by atoms with van der Waals surface area (Å²) in [4.78, 5) is 29.1. The highest BCUT2D eigenvalue weighted by Crippen LogP contribution is 2.37. The van der Waals surface area contributed by atoms with E-state index in [0.717, 1.165) is 65.3 Å². The molecule has 1 atom stereocenters. The summed E-state index contributed by atoms with van der Waals surface area (Å²) in [6, 6.07) is 2.08. The van der Waals surface area contributed by atoms with Gasteiger partial charge in [-0.25, -0.2) is 19.9 Å². The first kappa shape index (κ1) is 19.5. The predicted octanol–water partition coefficient (Wildman–Crippen LogP) is 3.59. The van der Waals surface area contributed by atoms with Gasteiger partial charge in [0.05, 0.1) is 10.4 Å². The Morgan fingerprint density at radius 3 is 2.97 bits per heavy atom. The van der Waals surface area contributed by atoms with E-state index in [1.165, 1.54) is 11.8 Å². The summed E-state index contributed by atoms with van der Waals surface area (Å²) in [5, 5.41) is 2.19. The van der Waals surface area contributed by atoms with Crippen LogP contribution in [0.25, 0.3) is 22.2 Å². The van der Waals surface area contributed by atoms with Gasteiger partial charge in [-0.2, -0.15) is 0 Å². The molecule has 10 heteroatoms. The molecular formula is C20H21ClN8S. The van der Waals surface area contributed by atoms with E-state index in [1.54, 1.807) is 18.6 Å². The monoisotopic (exact) mass is 440 g/mol. The standard InChI is InChI=1S/C20H21ClN8S/c1-2-13-16(21)15-18(26-13)27-20(28-19(15)29-7-3-4-11(22)10-29)30-12-8-14-17(25-9-12)24-6-5-23-14/h5-6,8-9,11H,2-4,7,10,22H2,1H3,(H,26,27,28)/t11-/m0/s1. The van der Waals surface area contributed by atoms with Gasteiger partial charge in [-0.3, -0.25) is 4.98 Å². The second-order valence-corrected chi connectivity index (χ2v) is 8.76. The van der Waals surface area contributed by atoms with Gasteiger partial charge < -0.3 is 15.6 Å². The number of hydrogen-bond donors (Lipinski definition) is 2. The third-order valence-corrected chi connectivity index (χ3v) is 6.48. The van der Waals surface area contributed by atoms with Gasteiger partial charge in [-0.15, -0.1) is 0 Å². The average molecular weight is 441 g/mol. The lowest BCUT2D eigenvalue weighted by atomic mass is 10.1. The highest BCUT2D eigenvalue weighted by atomic mass is 35.5. The van der Waals surface area contributed by atoms with Crippen molar-refractivity contribution in [1.29, 1.82) is 0 Å². The maximum atomic E-state index is 6.69. The molecule has 1 aliphatic heterocycles. The van der Waals surface area contributed by atoms with E-state index in [9.17, 15) is 0 Å². The number of nitrogens with zero attached hydrogens (tertiary/aromatic N) is 6. The fourth-order valence-corrected chi connectivity index (χ4v) is 4.90. The molecule has 5 heterocycles. The van der Waals surface area contributed by atoms with Gasteiger partial charge in [0.25, 0.3) is 0 Å². The number of H-pyrrole nitrogens is 1. The molecule has 4 aromatic heterocycles. The maximum absolute atomic E-state index is 6.69. The Kier molecular flexibility index (Phi) is 5.18. The van der Waals surface area contributed by atoms with Crippen LogP contribution >= 0.6 is 23.4 Å². The number of nitrogens with two attached hydrogens (primary N) is 1. The van der Waals surface area contributed by atoms with Crippen LogP contribution in [-0.2, 0) is 6.42 Å². The summed E-state index contributed by atoms with van der Waals surface area (Å²) in [6.45, 7) is 3.73. The zero-order valence-corrected chi connectivity index (χ0v) is 18.0. The molecule has 3 N–H and O–H groups in total. The van der Waals surface area contributed by atoms with E-state index in [-0.39, 0.29) is 6.04 Å². The number of rotatable bonds is 4. The highest BCUT2D eigenvalue weighted by Gasteiger charge is 2.24. The predicted molar refractivity (Wildman–Crippen MR) is 119 cm³/mol. The van der Waals surface area contributed by atoms with Crippen molar-refractivity contribution < 1.29 is 0 Å². The van der Waals surface area contributed by atoms with Crippen molar-refractivity contribution in [2.75, 3.05) is 18.0 Å². The molecule has 1 saturated heterocycles. The van der Waals surface area contributed by atoms with Crippen molar-refractivity contribution in [2.45, 2.75) is 42.3 Å². The Balaban J connectivity index is 1.59. The molecule has 0 unspecified atom stereocenters. The number of piperidine rings is 1. The number of pyridine rings is 1. The summed E-state index contributed by atoms with van der Waals surface area (Å²) in [5.74, 6) is 0.840. The molecule has 154 valence electrons. The molecule has 5 rings (SSSR count). The van der Waals surface area contributed by atoms with Crippen molar-refractivity contribution in [3.63, 3.8) is 0 Å². The molecule has 1 fully saturated rings. The van der Waals surface area contributed by atoms with Crippen LogP contribution in [0.5, 0.6) is 0 Å². The fourth-order valence-electron chi connectivity index (χ4n) is 3.79. The van der Waals surface area contributed by atoms with Crippen LogP contribution in [0, 0.1) is 0 Å². The normalized spacial score (nSPS) is 17.2. The minimum atomic E-state index is 0.131. The zero-order chi connectivity index (χ0) is 20.7. The maximum Gasteiger partial charge on any atom is 0.196 e. The number of halogens is 1. The third-order valence-electron chi connectivity index (χ3n) is 5.24. The van der Waals surface area contributed by atoms with Crippen LogP contribution in [0.2, 0.25) is 5.02 Å².